The zero-order valence-corrected chi connectivity index (χ0v) is 12.2. The zero-order chi connectivity index (χ0) is 14.5. The third-order valence-electron chi connectivity index (χ3n) is 3.53. The molecule has 0 spiro atoms. The lowest BCUT2D eigenvalue weighted by Crippen LogP contribution is -2.00. The van der Waals surface area contributed by atoms with E-state index in [1.807, 2.05) is 19.1 Å². The van der Waals surface area contributed by atoms with Gasteiger partial charge in [-0.25, -0.2) is 0 Å². The van der Waals surface area contributed by atoms with Crippen LogP contribution in [0.2, 0.25) is 0 Å². The zero-order valence-electron chi connectivity index (χ0n) is 12.2. The molecule has 0 radical (unpaired) electrons. The number of ether oxygens (including phenoxy) is 1. The van der Waals surface area contributed by atoms with Gasteiger partial charge in [0, 0.05) is 12.2 Å². The molecule has 0 aliphatic rings. The van der Waals surface area contributed by atoms with E-state index >= 15 is 0 Å². The lowest BCUT2D eigenvalue weighted by molar-refractivity contribution is 0.340. The van der Waals surface area contributed by atoms with Crippen molar-refractivity contribution < 1.29 is 4.74 Å². The molecule has 2 nitrogen and oxygen atoms in total. The van der Waals surface area contributed by atoms with Crippen LogP contribution in [-0.4, -0.2) is 6.61 Å². The molecule has 3 aromatic carbocycles. The Morgan fingerprint density at radius 2 is 1.62 bits per heavy atom. The minimum absolute atomic E-state index is 0.697. The van der Waals surface area contributed by atoms with Gasteiger partial charge < -0.3 is 10.1 Å². The Hall–Kier alpha value is -2.48. The molecule has 0 unspecified atom stereocenters. The fourth-order valence-electron chi connectivity index (χ4n) is 2.48. The van der Waals surface area contributed by atoms with Crippen molar-refractivity contribution >= 4 is 16.5 Å². The SMILES string of the molecule is CCOc1ccc(NCc2cccc3ccccc23)cc1. The van der Waals surface area contributed by atoms with Crippen LogP contribution in [0.3, 0.4) is 0 Å². The van der Waals surface area contributed by atoms with Crippen molar-refractivity contribution in [1.29, 1.82) is 0 Å². The molecule has 3 aromatic rings. The summed E-state index contributed by atoms with van der Waals surface area (Å²) in [4.78, 5) is 0. The Kier molecular flexibility index (Phi) is 4.06. The maximum Gasteiger partial charge on any atom is 0.119 e. The van der Waals surface area contributed by atoms with Crippen LogP contribution in [0, 0.1) is 0 Å². The van der Waals surface area contributed by atoms with Crippen LogP contribution in [0.15, 0.2) is 66.7 Å². The number of hydrogen-bond donors (Lipinski definition) is 1. The minimum atomic E-state index is 0.697. The molecule has 0 amide bonds. The van der Waals surface area contributed by atoms with Crippen molar-refractivity contribution in [3.05, 3.63) is 72.3 Å². The van der Waals surface area contributed by atoms with Crippen molar-refractivity contribution in [2.45, 2.75) is 13.5 Å². The van der Waals surface area contributed by atoms with E-state index in [-0.39, 0.29) is 0 Å². The third kappa shape index (κ3) is 3.16. The summed E-state index contributed by atoms with van der Waals surface area (Å²) in [5.74, 6) is 0.910. The highest BCUT2D eigenvalue weighted by atomic mass is 16.5. The van der Waals surface area contributed by atoms with Crippen LogP contribution in [0.1, 0.15) is 12.5 Å². The van der Waals surface area contributed by atoms with Gasteiger partial charge in [0.2, 0.25) is 0 Å². The molecule has 1 N–H and O–H groups in total. The number of nitrogens with one attached hydrogen (secondary N) is 1. The summed E-state index contributed by atoms with van der Waals surface area (Å²) in [6.45, 7) is 3.50. The first-order valence-corrected chi connectivity index (χ1v) is 7.30. The Morgan fingerprint density at radius 1 is 0.857 bits per heavy atom. The summed E-state index contributed by atoms with van der Waals surface area (Å²) >= 11 is 0. The van der Waals surface area contributed by atoms with Gasteiger partial charge in [-0.05, 0) is 47.5 Å². The van der Waals surface area contributed by atoms with Gasteiger partial charge in [-0.3, -0.25) is 0 Å². The molecule has 0 atom stereocenters. The lowest BCUT2D eigenvalue weighted by atomic mass is 10.0. The van der Waals surface area contributed by atoms with Crippen molar-refractivity contribution in [3.63, 3.8) is 0 Å². The van der Waals surface area contributed by atoms with E-state index in [4.69, 9.17) is 4.74 Å². The highest BCUT2D eigenvalue weighted by Gasteiger charge is 2.00. The molecule has 21 heavy (non-hydrogen) atoms. The summed E-state index contributed by atoms with van der Waals surface area (Å²) in [5.41, 5.74) is 2.41. The fourth-order valence-corrected chi connectivity index (χ4v) is 2.48. The molecule has 0 saturated heterocycles. The minimum Gasteiger partial charge on any atom is -0.494 e. The molecule has 0 heterocycles. The Bertz CT molecular complexity index is 714. The second-order valence-corrected chi connectivity index (χ2v) is 4.95. The van der Waals surface area contributed by atoms with Crippen LogP contribution >= 0.6 is 0 Å². The molecule has 106 valence electrons. The third-order valence-corrected chi connectivity index (χ3v) is 3.53. The van der Waals surface area contributed by atoms with Crippen molar-refractivity contribution in [2.24, 2.45) is 0 Å². The second kappa shape index (κ2) is 6.31. The normalized spacial score (nSPS) is 10.5. The predicted molar refractivity (Wildman–Crippen MR) is 88.9 cm³/mol. The van der Waals surface area contributed by atoms with Gasteiger partial charge in [-0.15, -0.1) is 0 Å². The monoisotopic (exact) mass is 277 g/mol. The van der Waals surface area contributed by atoms with E-state index in [2.05, 4.69) is 59.9 Å². The van der Waals surface area contributed by atoms with Gasteiger partial charge in [0.1, 0.15) is 5.75 Å². The number of hydrogen-bond acceptors (Lipinski definition) is 2. The Balaban J connectivity index is 1.74. The van der Waals surface area contributed by atoms with Crippen molar-refractivity contribution in [1.82, 2.24) is 0 Å². The number of anilines is 1. The van der Waals surface area contributed by atoms with Gasteiger partial charge in [0.15, 0.2) is 0 Å². The molecule has 0 fully saturated rings. The van der Waals surface area contributed by atoms with E-state index in [0.29, 0.717) is 6.61 Å². The summed E-state index contributed by atoms with van der Waals surface area (Å²) < 4.78 is 5.45. The smallest absolute Gasteiger partial charge is 0.119 e. The highest BCUT2D eigenvalue weighted by Crippen LogP contribution is 2.21. The molecule has 0 aliphatic carbocycles. The van der Waals surface area contributed by atoms with Crippen LogP contribution in [0.5, 0.6) is 5.75 Å². The molecule has 0 bridgehead atoms. The average Bonchev–Trinajstić information content (AvgIpc) is 2.54. The van der Waals surface area contributed by atoms with Gasteiger partial charge in [-0.1, -0.05) is 42.5 Å². The van der Waals surface area contributed by atoms with Crippen LogP contribution in [0.25, 0.3) is 10.8 Å². The number of rotatable bonds is 5. The average molecular weight is 277 g/mol. The molecular weight excluding hydrogens is 258 g/mol. The largest absolute Gasteiger partial charge is 0.494 e. The summed E-state index contributed by atoms with van der Waals surface area (Å²) in [6.07, 6.45) is 0. The quantitative estimate of drug-likeness (QED) is 0.719. The van der Waals surface area contributed by atoms with Gasteiger partial charge in [-0.2, -0.15) is 0 Å². The standard InChI is InChI=1S/C19H19NO/c1-2-21-18-12-10-17(11-13-18)20-14-16-8-5-7-15-6-3-4-9-19(15)16/h3-13,20H,2,14H2,1H3. The predicted octanol–water partition coefficient (Wildman–Crippen LogP) is 4.85. The topological polar surface area (TPSA) is 21.3 Å². The molecule has 0 aliphatic heterocycles. The molecule has 3 rings (SSSR count). The molecular formula is C19H19NO. The van der Waals surface area contributed by atoms with Gasteiger partial charge in [0.25, 0.3) is 0 Å². The summed E-state index contributed by atoms with van der Waals surface area (Å²) in [5, 5.41) is 6.05. The van der Waals surface area contributed by atoms with E-state index in [0.717, 1.165) is 18.0 Å². The first-order chi connectivity index (χ1) is 10.4. The Morgan fingerprint density at radius 3 is 2.43 bits per heavy atom. The fraction of sp³-hybridized carbons (Fsp3) is 0.158. The molecule has 0 saturated carbocycles. The lowest BCUT2D eigenvalue weighted by Gasteiger charge is -2.10. The van der Waals surface area contributed by atoms with Crippen LogP contribution in [-0.2, 0) is 6.54 Å². The van der Waals surface area contributed by atoms with E-state index < -0.39 is 0 Å². The van der Waals surface area contributed by atoms with E-state index in [9.17, 15) is 0 Å². The summed E-state index contributed by atoms with van der Waals surface area (Å²) in [7, 11) is 0. The summed E-state index contributed by atoms with van der Waals surface area (Å²) in [6, 6.07) is 23.0. The first kappa shape index (κ1) is 13.5. The molecule has 2 heteroatoms. The number of fused-ring (bicyclic) bond motifs is 1. The van der Waals surface area contributed by atoms with Crippen molar-refractivity contribution in [2.75, 3.05) is 11.9 Å². The second-order valence-electron chi connectivity index (χ2n) is 4.95. The molecule has 0 aromatic heterocycles. The Labute approximate surface area is 125 Å². The van der Waals surface area contributed by atoms with E-state index in [1.165, 1.54) is 16.3 Å². The van der Waals surface area contributed by atoms with Crippen LogP contribution in [0.4, 0.5) is 5.69 Å². The first-order valence-electron chi connectivity index (χ1n) is 7.30. The van der Waals surface area contributed by atoms with Crippen molar-refractivity contribution in [3.8, 4) is 5.75 Å². The van der Waals surface area contributed by atoms with Gasteiger partial charge in [0.05, 0.1) is 6.61 Å². The van der Waals surface area contributed by atoms with Crippen LogP contribution < -0.4 is 10.1 Å². The maximum absolute atomic E-state index is 5.45. The maximum atomic E-state index is 5.45. The number of benzene rings is 3. The van der Waals surface area contributed by atoms with E-state index in [1.54, 1.807) is 0 Å². The van der Waals surface area contributed by atoms with Gasteiger partial charge >= 0.3 is 0 Å². The highest BCUT2D eigenvalue weighted by molar-refractivity contribution is 5.85.